The van der Waals surface area contributed by atoms with Crippen LogP contribution in [0.5, 0.6) is 0 Å². The zero-order valence-corrected chi connectivity index (χ0v) is 13.0. The van der Waals surface area contributed by atoms with E-state index in [4.69, 9.17) is 16.7 Å². The van der Waals surface area contributed by atoms with E-state index in [1.54, 1.807) is 0 Å². The summed E-state index contributed by atoms with van der Waals surface area (Å²) in [6.07, 6.45) is 0.0881. The van der Waals surface area contributed by atoms with Crippen LogP contribution >= 0.6 is 11.6 Å². The maximum absolute atomic E-state index is 10.5. The summed E-state index contributed by atoms with van der Waals surface area (Å²) in [4.78, 5) is 10.5. The molecule has 0 amide bonds. The monoisotopic (exact) mass is 312 g/mol. The molecule has 0 aliphatic rings. The summed E-state index contributed by atoms with van der Waals surface area (Å²) in [5.41, 5.74) is 2.05. The van der Waals surface area contributed by atoms with E-state index in [2.05, 4.69) is 0 Å². The fourth-order valence-corrected chi connectivity index (χ4v) is 2.37. The molecule has 0 aliphatic heterocycles. The molecule has 0 unspecified atom stereocenters. The number of carboxylic acid groups (broad SMARTS) is 1. The number of rotatable bonds is 2. The van der Waals surface area contributed by atoms with E-state index in [0.29, 0.717) is 0 Å². The molecule has 0 radical (unpaired) electrons. The van der Waals surface area contributed by atoms with Crippen molar-refractivity contribution in [2.24, 2.45) is 0 Å². The van der Waals surface area contributed by atoms with E-state index in [-0.39, 0.29) is 6.42 Å². The molecular weight excluding hydrogens is 296 g/mol. The van der Waals surface area contributed by atoms with E-state index in [1.807, 2.05) is 73.7 Å². The molecule has 112 valence electrons. The van der Waals surface area contributed by atoms with E-state index in [0.717, 1.165) is 21.4 Å². The van der Waals surface area contributed by atoms with Gasteiger partial charge in [-0.2, -0.15) is 0 Å². The maximum atomic E-state index is 10.5. The minimum absolute atomic E-state index is 0.0881. The molecule has 0 spiro atoms. The quantitative estimate of drug-likeness (QED) is 0.713. The number of aryl methyl sites for hydroxylation is 1. The Morgan fingerprint density at radius 3 is 2.27 bits per heavy atom. The van der Waals surface area contributed by atoms with Gasteiger partial charge in [0.15, 0.2) is 0 Å². The lowest BCUT2D eigenvalue weighted by Crippen LogP contribution is -1.99. The van der Waals surface area contributed by atoms with Crippen LogP contribution in [0.4, 0.5) is 0 Å². The molecule has 3 aromatic carbocycles. The van der Waals surface area contributed by atoms with E-state index < -0.39 is 5.97 Å². The smallest absolute Gasteiger partial charge is 0.307 e. The first-order chi connectivity index (χ1) is 10.5. The van der Waals surface area contributed by atoms with Crippen LogP contribution < -0.4 is 0 Å². The summed E-state index contributed by atoms with van der Waals surface area (Å²) in [5.74, 6) is -0.791. The summed E-state index contributed by atoms with van der Waals surface area (Å²) >= 11 is 5.64. The van der Waals surface area contributed by atoms with Crippen LogP contribution in [0.2, 0.25) is 5.02 Å². The molecular formula is C19H17ClO2. The molecule has 22 heavy (non-hydrogen) atoms. The Morgan fingerprint density at radius 2 is 1.68 bits per heavy atom. The van der Waals surface area contributed by atoms with Crippen molar-refractivity contribution < 1.29 is 9.90 Å². The van der Waals surface area contributed by atoms with Crippen LogP contribution in [0.3, 0.4) is 0 Å². The van der Waals surface area contributed by atoms with Gasteiger partial charge in [-0.1, -0.05) is 66.2 Å². The highest BCUT2D eigenvalue weighted by Gasteiger charge is 2.00. The molecule has 0 atom stereocenters. The van der Waals surface area contributed by atoms with Gasteiger partial charge in [-0.3, -0.25) is 4.79 Å². The van der Waals surface area contributed by atoms with Crippen LogP contribution in [0.25, 0.3) is 10.8 Å². The second-order valence-corrected chi connectivity index (χ2v) is 5.49. The average Bonchev–Trinajstić information content (AvgIpc) is 2.47. The standard InChI is InChI=1S/C12H10O2.C7H7Cl/c13-12(14)8-9-5-6-10-3-1-2-4-11(10)7-9;1-6-3-2-4-7(8)5-6/h1-7H,8H2,(H,13,14);2-5H,1H3. The van der Waals surface area contributed by atoms with Crippen LogP contribution in [0.15, 0.2) is 66.7 Å². The molecule has 0 aromatic heterocycles. The minimum Gasteiger partial charge on any atom is -0.481 e. The van der Waals surface area contributed by atoms with Crippen molar-refractivity contribution in [2.45, 2.75) is 13.3 Å². The molecule has 3 aromatic rings. The molecule has 0 fully saturated rings. The van der Waals surface area contributed by atoms with Crippen LogP contribution in [-0.4, -0.2) is 11.1 Å². The van der Waals surface area contributed by atoms with Crippen molar-refractivity contribution >= 4 is 28.3 Å². The van der Waals surface area contributed by atoms with Crippen LogP contribution in [0, 0.1) is 6.92 Å². The summed E-state index contributed by atoms with van der Waals surface area (Å²) in [7, 11) is 0. The summed E-state index contributed by atoms with van der Waals surface area (Å²) < 4.78 is 0. The number of hydrogen-bond acceptors (Lipinski definition) is 1. The number of aliphatic carboxylic acids is 1. The number of fused-ring (bicyclic) bond motifs is 1. The van der Waals surface area contributed by atoms with Crippen molar-refractivity contribution in [1.82, 2.24) is 0 Å². The van der Waals surface area contributed by atoms with Crippen molar-refractivity contribution in [3.8, 4) is 0 Å². The average molecular weight is 313 g/mol. The fraction of sp³-hybridized carbons (Fsp3) is 0.105. The molecule has 0 heterocycles. The number of hydrogen-bond donors (Lipinski definition) is 1. The lowest BCUT2D eigenvalue weighted by atomic mass is 10.1. The van der Waals surface area contributed by atoms with Crippen molar-refractivity contribution in [3.05, 3.63) is 82.9 Å². The lowest BCUT2D eigenvalue weighted by molar-refractivity contribution is -0.136. The summed E-state index contributed by atoms with van der Waals surface area (Å²) in [6, 6.07) is 21.4. The molecule has 0 saturated carbocycles. The maximum Gasteiger partial charge on any atom is 0.307 e. The van der Waals surface area contributed by atoms with Gasteiger partial charge in [0, 0.05) is 5.02 Å². The van der Waals surface area contributed by atoms with Gasteiger partial charge in [0.1, 0.15) is 0 Å². The predicted octanol–water partition coefficient (Wildman–Crippen LogP) is 5.12. The number of benzene rings is 3. The van der Waals surface area contributed by atoms with E-state index >= 15 is 0 Å². The van der Waals surface area contributed by atoms with Crippen molar-refractivity contribution in [3.63, 3.8) is 0 Å². The Kier molecular flexibility index (Phi) is 5.56. The van der Waals surface area contributed by atoms with Gasteiger partial charge in [-0.15, -0.1) is 0 Å². The SMILES string of the molecule is Cc1cccc(Cl)c1.O=C(O)Cc1ccc2ccccc2c1. The highest BCUT2D eigenvalue weighted by molar-refractivity contribution is 6.30. The Hall–Kier alpha value is -2.32. The number of carbonyl (C=O) groups is 1. The zero-order valence-electron chi connectivity index (χ0n) is 12.3. The van der Waals surface area contributed by atoms with Crippen LogP contribution in [-0.2, 0) is 11.2 Å². The van der Waals surface area contributed by atoms with Crippen LogP contribution in [0.1, 0.15) is 11.1 Å². The van der Waals surface area contributed by atoms with Gasteiger partial charge in [0.05, 0.1) is 6.42 Å². The fourth-order valence-electron chi connectivity index (χ4n) is 2.13. The van der Waals surface area contributed by atoms with Gasteiger partial charge >= 0.3 is 5.97 Å². The first-order valence-electron chi connectivity index (χ1n) is 6.96. The minimum atomic E-state index is -0.791. The Balaban J connectivity index is 0.000000188. The second kappa shape index (κ2) is 7.62. The summed E-state index contributed by atoms with van der Waals surface area (Å²) in [5, 5.41) is 11.7. The van der Waals surface area contributed by atoms with Gasteiger partial charge in [-0.25, -0.2) is 0 Å². The van der Waals surface area contributed by atoms with Crippen molar-refractivity contribution in [1.29, 1.82) is 0 Å². The third-order valence-corrected chi connectivity index (χ3v) is 3.38. The predicted molar refractivity (Wildman–Crippen MR) is 91.5 cm³/mol. The number of halogens is 1. The van der Waals surface area contributed by atoms with Gasteiger partial charge < -0.3 is 5.11 Å². The van der Waals surface area contributed by atoms with Gasteiger partial charge in [-0.05, 0) is 41.0 Å². The molecule has 1 N–H and O–H groups in total. The largest absolute Gasteiger partial charge is 0.481 e. The normalized spacial score (nSPS) is 9.91. The molecule has 3 rings (SSSR count). The zero-order chi connectivity index (χ0) is 15.9. The Morgan fingerprint density at radius 1 is 0.955 bits per heavy atom. The molecule has 3 heteroatoms. The van der Waals surface area contributed by atoms with E-state index in [9.17, 15) is 4.79 Å². The molecule has 0 saturated heterocycles. The number of carboxylic acids is 1. The third kappa shape index (κ3) is 4.90. The summed E-state index contributed by atoms with van der Waals surface area (Å²) in [6.45, 7) is 2.02. The highest BCUT2D eigenvalue weighted by Crippen LogP contribution is 2.15. The van der Waals surface area contributed by atoms with Gasteiger partial charge in [0.25, 0.3) is 0 Å². The molecule has 2 nitrogen and oxygen atoms in total. The Bertz CT molecular complexity index is 764. The highest BCUT2D eigenvalue weighted by atomic mass is 35.5. The second-order valence-electron chi connectivity index (χ2n) is 5.05. The van der Waals surface area contributed by atoms with Crippen molar-refractivity contribution in [2.75, 3.05) is 0 Å². The lowest BCUT2D eigenvalue weighted by Gasteiger charge is -2.00. The topological polar surface area (TPSA) is 37.3 Å². The Labute approximate surface area is 135 Å². The first-order valence-corrected chi connectivity index (χ1v) is 7.34. The van der Waals surface area contributed by atoms with Gasteiger partial charge in [0.2, 0.25) is 0 Å². The molecule has 0 bridgehead atoms. The third-order valence-electron chi connectivity index (χ3n) is 3.15. The molecule has 0 aliphatic carbocycles. The first kappa shape index (κ1) is 16.1. The van der Waals surface area contributed by atoms with E-state index in [1.165, 1.54) is 5.56 Å².